The highest BCUT2D eigenvalue weighted by Gasteiger charge is 2.16. The highest BCUT2D eigenvalue weighted by molar-refractivity contribution is 5.72. The van der Waals surface area contributed by atoms with Gasteiger partial charge in [-0.15, -0.1) is 0 Å². The zero-order valence-electron chi connectivity index (χ0n) is 11.9. The van der Waals surface area contributed by atoms with E-state index in [0.29, 0.717) is 23.7 Å². The molecule has 0 saturated heterocycles. The average molecular weight is 267 g/mol. The molecular weight excluding hydrogens is 246 g/mol. The van der Waals surface area contributed by atoms with Crippen LogP contribution in [-0.4, -0.2) is 26.2 Å². The maximum absolute atomic E-state index is 11.1. The first-order valence-electron chi connectivity index (χ1n) is 6.20. The van der Waals surface area contributed by atoms with Crippen molar-refractivity contribution in [2.45, 2.75) is 32.7 Å². The molecule has 0 aliphatic carbocycles. The Morgan fingerprint density at radius 1 is 1.26 bits per heavy atom. The Morgan fingerprint density at radius 3 is 2.16 bits per heavy atom. The van der Waals surface area contributed by atoms with E-state index in [9.17, 15) is 4.79 Å². The van der Waals surface area contributed by atoms with Crippen LogP contribution >= 0.6 is 0 Å². The first-order valence-corrected chi connectivity index (χ1v) is 6.20. The molecule has 1 aromatic rings. The van der Waals surface area contributed by atoms with Crippen molar-refractivity contribution in [2.75, 3.05) is 14.2 Å². The summed E-state index contributed by atoms with van der Waals surface area (Å²) in [6.07, 6.45) is 1.60. The highest BCUT2D eigenvalue weighted by Crippen LogP contribution is 2.38. The van der Waals surface area contributed by atoms with E-state index in [0.717, 1.165) is 12.0 Å². The van der Waals surface area contributed by atoms with Crippen molar-refractivity contribution in [3.05, 3.63) is 17.7 Å². The fourth-order valence-electron chi connectivity index (χ4n) is 1.74. The molecule has 0 bridgehead atoms. The average Bonchev–Trinajstić information content (AvgIpc) is 2.39. The van der Waals surface area contributed by atoms with Gasteiger partial charge in [0.15, 0.2) is 11.5 Å². The summed E-state index contributed by atoms with van der Waals surface area (Å²) in [6.45, 7) is 3.37. The number of hydrogen-bond acceptors (Lipinski definition) is 5. The topological polar surface area (TPSA) is 70.8 Å². The maximum Gasteiger partial charge on any atom is 0.308 e. The monoisotopic (exact) mass is 267 g/mol. The van der Waals surface area contributed by atoms with Crippen LogP contribution in [0.4, 0.5) is 0 Å². The van der Waals surface area contributed by atoms with Gasteiger partial charge in [-0.2, -0.15) is 0 Å². The Balaban J connectivity index is 3.15. The summed E-state index contributed by atoms with van der Waals surface area (Å²) in [5, 5.41) is 0. The number of ether oxygens (including phenoxy) is 3. The maximum atomic E-state index is 11.1. The largest absolute Gasteiger partial charge is 0.493 e. The second-order valence-corrected chi connectivity index (χ2v) is 4.30. The molecule has 0 amide bonds. The molecule has 1 unspecified atom stereocenters. The van der Waals surface area contributed by atoms with Crippen LogP contribution in [0.5, 0.6) is 17.2 Å². The van der Waals surface area contributed by atoms with Crippen molar-refractivity contribution in [3.8, 4) is 17.2 Å². The molecule has 0 fully saturated rings. The van der Waals surface area contributed by atoms with Crippen LogP contribution in [0.15, 0.2) is 12.1 Å². The van der Waals surface area contributed by atoms with Crippen LogP contribution in [-0.2, 0) is 11.2 Å². The van der Waals surface area contributed by atoms with E-state index in [1.54, 1.807) is 0 Å². The third-order valence-corrected chi connectivity index (χ3v) is 2.79. The molecule has 0 aliphatic heterocycles. The summed E-state index contributed by atoms with van der Waals surface area (Å²) in [5.41, 5.74) is 6.92. The predicted molar refractivity (Wildman–Crippen MR) is 72.8 cm³/mol. The lowest BCUT2D eigenvalue weighted by Gasteiger charge is -2.16. The van der Waals surface area contributed by atoms with Crippen molar-refractivity contribution in [1.29, 1.82) is 0 Å². The van der Waals surface area contributed by atoms with Crippen molar-refractivity contribution < 1.29 is 19.0 Å². The SMILES string of the molecule is CCC(N)Cc1cc(OC)c(OC(C)=O)c(OC)c1. The standard InChI is InChI=1S/C14H21NO4/c1-5-11(15)6-10-7-12(17-3)14(19-9(2)16)13(8-10)18-4/h7-8,11H,5-6,15H2,1-4H3. The van der Waals surface area contributed by atoms with Crippen molar-refractivity contribution in [2.24, 2.45) is 5.73 Å². The van der Waals surface area contributed by atoms with Gasteiger partial charge in [0.2, 0.25) is 5.75 Å². The number of hydrogen-bond donors (Lipinski definition) is 1. The van der Waals surface area contributed by atoms with Gasteiger partial charge in [0.1, 0.15) is 0 Å². The molecule has 0 radical (unpaired) electrons. The molecule has 0 spiro atoms. The molecule has 0 heterocycles. The number of rotatable bonds is 6. The molecule has 1 atom stereocenters. The van der Waals surface area contributed by atoms with Crippen LogP contribution in [0.3, 0.4) is 0 Å². The van der Waals surface area contributed by atoms with Crippen LogP contribution in [0, 0.1) is 0 Å². The van der Waals surface area contributed by atoms with E-state index in [1.807, 2.05) is 19.1 Å². The predicted octanol–water partition coefficient (Wildman–Crippen LogP) is 1.91. The summed E-state index contributed by atoms with van der Waals surface area (Å²) >= 11 is 0. The number of nitrogens with two attached hydrogens (primary N) is 1. The van der Waals surface area contributed by atoms with Gasteiger partial charge in [0, 0.05) is 13.0 Å². The van der Waals surface area contributed by atoms with Crippen LogP contribution in [0.25, 0.3) is 0 Å². The first kappa shape index (κ1) is 15.3. The zero-order valence-corrected chi connectivity index (χ0v) is 11.9. The Labute approximate surface area is 113 Å². The Hall–Kier alpha value is -1.75. The Kier molecular flexibility index (Phi) is 5.63. The third kappa shape index (κ3) is 4.13. The molecule has 2 N–H and O–H groups in total. The summed E-state index contributed by atoms with van der Waals surface area (Å²) in [6, 6.07) is 3.71. The van der Waals surface area contributed by atoms with Gasteiger partial charge >= 0.3 is 5.97 Å². The third-order valence-electron chi connectivity index (χ3n) is 2.79. The summed E-state index contributed by atoms with van der Waals surface area (Å²) in [7, 11) is 3.04. The summed E-state index contributed by atoms with van der Waals surface area (Å²) in [4.78, 5) is 11.1. The minimum atomic E-state index is -0.422. The van der Waals surface area contributed by atoms with Crippen LogP contribution in [0.2, 0.25) is 0 Å². The molecule has 1 aromatic carbocycles. The van der Waals surface area contributed by atoms with Gasteiger partial charge < -0.3 is 19.9 Å². The number of benzene rings is 1. The number of esters is 1. The van der Waals surface area contributed by atoms with E-state index < -0.39 is 5.97 Å². The number of methoxy groups -OCH3 is 2. The second kappa shape index (κ2) is 6.99. The molecule has 5 nitrogen and oxygen atoms in total. The molecule has 5 heteroatoms. The normalized spacial score (nSPS) is 11.8. The molecule has 106 valence electrons. The fourth-order valence-corrected chi connectivity index (χ4v) is 1.74. The van der Waals surface area contributed by atoms with Crippen molar-refractivity contribution >= 4 is 5.97 Å². The lowest BCUT2D eigenvalue weighted by Crippen LogP contribution is -2.21. The second-order valence-electron chi connectivity index (χ2n) is 4.30. The van der Waals surface area contributed by atoms with Gasteiger partial charge in [0.25, 0.3) is 0 Å². The molecule has 1 rings (SSSR count). The Morgan fingerprint density at radius 2 is 1.79 bits per heavy atom. The van der Waals surface area contributed by atoms with Gasteiger partial charge in [-0.05, 0) is 30.5 Å². The molecule has 0 aliphatic rings. The number of carbonyl (C=O) groups excluding carboxylic acids is 1. The van der Waals surface area contributed by atoms with E-state index in [2.05, 4.69) is 0 Å². The van der Waals surface area contributed by atoms with E-state index >= 15 is 0 Å². The summed E-state index contributed by atoms with van der Waals surface area (Å²) < 4.78 is 15.6. The fraction of sp³-hybridized carbons (Fsp3) is 0.500. The van der Waals surface area contributed by atoms with E-state index in [1.165, 1.54) is 21.1 Å². The van der Waals surface area contributed by atoms with Gasteiger partial charge in [-0.25, -0.2) is 0 Å². The Bertz CT molecular complexity index is 420. The number of carbonyl (C=O) groups is 1. The van der Waals surface area contributed by atoms with Gasteiger partial charge in [0.05, 0.1) is 14.2 Å². The van der Waals surface area contributed by atoms with E-state index in [-0.39, 0.29) is 6.04 Å². The summed E-state index contributed by atoms with van der Waals surface area (Å²) in [5.74, 6) is 0.807. The quantitative estimate of drug-likeness (QED) is 0.629. The van der Waals surface area contributed by atoms with Crippen LogP contribution in [0.1, 0.15) is 25.8 Å². The van der Waals surface area contributed by atoms with Crippen LogP contribution < -0.4 is 19.9 Å². The van der Waals surface area contributed by atoms with Crippen molar-refractivity contribution in [3.63, 3.8) is 0 Å². The minimum Gasteiger partial charge on any atom is -0.493 e. The molecule has 0 aromatic heterocycles. The lowest BCUT2D eigenvalue weighted by atomic mass is 10.0. The zero-order chi connectivity index (χ0) is 14.4. The minimum absolute atomic E-state index is 0.0778. The van der Waals surface area contributed by atoms with Gasteiger partial charge in [-0.1, -0.05) is 6.92 Å². The smallest absolute Gasteiger partial charge is 0.308 e. The molecule has 0 saturated carbocycles. The van der Waals surface area contributed by atoms with Crippen molar-refractivity contribution in [1.82, 2.24) is 0 Å². The highest BCUT2D eigenvalue weighted by atomic mass is 16.6. The molecule has 19 heavy (non-hydrogen) atoms. The molecular formula is C14H21NO4. The van der Waals surface area contributed by atoms with Gasteiger partial charge in [-0.3, -0.25) is 4.79 Å². The lowest BCUT2D eigenvalue weighted by molar-refractivity contribution is -0.132. The van der Waals surface area contributed by atoms with E-state index in [4.69, 9.17) is 19.9 Å². The first-order chi connectivity index (χ1) is 9.01.